The minimum absolute atomic E-state index is 0.163. The van der Waals surface area contributed by atoms with Crippen LogP contribution in [0.15, 0.2) is 0 Å². The third-order valence-electron chi connectivity index (χ3n) is 6.01. The maximum absolute atomic E-state index is 12.7. The van der Waals surface area contributed by atoms with Gasteiger partial charge in [0.2, 0.25) is 0 Å². The highest BCUT2D eigenvalue weighted by Gasteiger charge is 2.72. The molecule has 0 radical (unpaired) electrons. The van der Waals surface area contributed by atoms with Crippen LogP contribution in [0.2, 0.25) is 0 Å². The van der Waals surface area contributed by atoms with Gasteiger partial charge in [-0.25, -0.2) is 0 Å². The van der Waals surface area contributed by atoms with E-state index in [9.17, 15) is 9.59 Å². The molecular weight excluding hydrogens is 292 g/mol. The highest BCUT2D eigenvalue weighted by molar-refractivity contribution is 5.84. The zero-order chi connectivity index (χ0) is 16.8. The van der Waals surface area contributed by atoms with E-state index in [0.29, 0.717) is 36.9 Å². The van der Waals surface area contributed by atoms with E-state index < -0.39 is 0 Å². The van der Waals surface area contributed by atoms with Crippen molar-refractivity contribution in [1.29, 1.82) is 0 Å². The fourth-order valence-electron chi connectivity index (χ4n) is 4.98. The van der Waals surface area contributed by atoms with Gasteiger partial charge in [0.05, 0.1) is 25.0 Å². The molecule has 0 N–H and O–H groups in total. The van der Waals surface area contributed by atoms with Gasteiger partial charge in [-0.15, -0.1) is 0 Å². The van der Waals surface area contributed by atoms with Crippen LogP contribution in [0, 0.1) is 40.9 Å². The summed E-state index contributed by atoms with van der Waals surface area (Å²) in [6.45, 7) is 9.01. The van der Waals surface area contributed by atoms with Crippen LogP contribution in [0.25, 0.3) is 0 Å². The van der Waals surface area contributed by atoms with Gasteiger partial charge in [0.1, 0.15) is 0 Å². The van der Waals surface area contributed by atoms with E-state index in [-0.39, 0.29) is 29.2 Å². The van der Waals surface area contributed by atoms with Crippen molar-refractivity contribution < 1.29 is 19.1 Å². The summed E-state index contributed by atoms with van der Waals surface area (Å²) >= 11 is 0. The summed E-state index contributed by atoms with van der Waals surface area (Å²) in [7, 11) is 0. The molecule has 0 aromatic carbocycles. The number of esters is 2. The average Bonchev–Trinajstić information content (AvgIpc) is 3.16. The van der Waals surface area contributed by atoms with Crippen molar-refractivity contribution in [2.45, 2.75) is 53.4 Å². The molecule has 3 rings (SSSR count). The van der Waals surface area contributed by atoms with Crippen LogP contribution in [0.5, 0.6) is 0 Å². The molecule has 0 amide bonds. The normalized spacial score (nSPS) is 33.5. The van der Waals surface area contributed by atoms with Crippen molar-refractivity contribution in [2.75, 3.05) is 13.2 Å². The molecule has 0 aromatic heterocycles. The highest BCUT2D eigenvalue weighted by Crippen LogP contribution is 2.74. The summed E-state index contributed by atoms with van der Waals surface area (Å²) in [6, 6.07) is 0. The molecule has 3 fully saturated rings. The first-order valence-corrected chi connectivity index (χ1v) is 9.20. The molecule has 0 saturated heterocycles. The lowest BCUT2D eigenvalue weighted by Gasteiger charge is -2.28. The summed E-state index contributed by atoms with van der Waals surface area (Å²) in [5.41, 5.74) is 0.253. The molecule has 4 unspecified atom stereocenters. The molecule has 0 aliphatic heterocycles. The Balaban J connectivity index is 1.74. The summed E-state index contributed by atoms with van der Waals surface area (Å²) < 4.78 is 11.0. The molecule has 23 heavy (non-hydrogen) atoms. The number of rotatable bonds is 6. The van der Waals surface area contributed by atoms with Gasteiger partial charge in [-0.2, -0.15) is 0 Å². The van der Waals surface area contributed by atoms with Crippen molar-refractivity contribution >= 4 is 11.9 Å². The van der Waals surface area contributed by atoms with Crippen molar-refractivity contribution in [1.82, 2.24) is 0 Å². The van der Waals surface area contributed by atoms with Crippen LogP contribution in [0.1, 0.15) is 53.4 Å². The predicted octanol–water partition coefficient (Wildman–Crippen LogP) is 3.44. The summed E-state index contributed by atoms with van der Waals surface area (Å²) in [6.07, 6.45) is 4.48. The van der Waals surface area contributed by atoms with Gasteiger partial charge in [-0.3, -0.25) is 9.59 Å². The summed E-state index contributed by atoms with van der Waals surface area (Å²) in [5, 5.41) is 0. The Kier molecular flexibility index (Phi) is 4.45. The van der Waals surface area contributed by atoms with E-state index in [1.165, 1.54) is 12.8 Å². The fraction of sp³-hybridized carbons (Fsp3) is 0.895. The molecule has 3 saturated carbocycles. The monoisotopic (exact) mass is 322 g/mol. The Morgan fingerprint density at radius 3 is 1.57 bits per heavy atom. The molecule has 2 bridgehead atoms. The van der Waals surface area contributed by atoms with E-state index >= 15 is 0 Å². The fourth-order valence-corrected chi connectivity index (χ4v) is 4.98. The molecule has 1 spiro atoms. The number of hydrogen-bond donors (Lipinski definition) is 0. The Hall–Kier alpha value is -1.06. The van der Waals surface area contributed by atoms with Gasteiger partial charge in [-0.05, 0) is 54.8 Å². The second-order valence-electron chi connectivity index (χ2n) is 8.62. The van der Waals surface area contributed by atoms with Crippen LogP contribution < -0.4 is 0 Å². The standard InChI is InChI=1S/C19H30O4/c1-11(2)9-22-17(20)15-13-5-6-14(19(13)7-8-19)16(15)18(21)23-10-12(3)4/h11-16H,5-10H2,1-4H3. The molecule has 0 heterocycles. The molecule has 4 nitrogen and oxygen atoms in total. The second-order valence-corrected chi connectivity index (χ2v) is 8.62. The quantitative estimate of drug-likeness (QED) is 0.703. The SMILES string of the molecule is CC(C)COC(=O)C1C(C(=O)OCC(C)C)C2CCC1C21CC1. The lowest BCUT2D eigenvalue weighted by molar-refractivity contribution is -0.164. The largest absolute Gasteiger partial charge is 0.465 e. The highest BCUT2D eigenvalue weighted by atomic mass is 16.5. The Morgan fingerprint density at radius 2 is 1.26 bits per heavy atom. The average molecular weight is 322 g/mol. The topological polar surface area (TPSA) is 52.6 Å². The second kappa shape index (κ2) is 6.10. The van der Waals surface area contributed by atoms with E-state index in [1.54, 1.807) is 0 Å². The van der Waals surface area contributed by atoms with Gasteiger partial charge in [0.25, 0.3) is 0 Å². The van der Waals surface area contributed by atoms with Gasteiger partial charge in [0.15, 0.2) is 0 Å². The number of ether oxygens (including phenoxy) is 2. The molecule has 3 aliphatic carbocycles. The van der Waals surface area contributed by atoms with Gasteiger partial charge in [0, 0.05) is 0 Å². The van der Waals surface area contributed by atoms with Crippen LogP contribution in [-0.2, 0) is 19.1 Å². The smallest absolute Gasteiger partial charge is 0.310 e. The Labute approximate surface area is 139 Å². The first-order valence-electron chi connectivity index (χ1n) is 9.20. The van der Waals surface area contributed by atoms with E-state index in [4.69, 9.17) is 9.47 Å². The van der Waals surface area contributed by atoms with Crippen molar-refractivity contribution in [2.24, 2.45) is 40.9 Å². The molecule has 4 heteroatoms. The third kappa shape index (κ3) is 2.89. The van der Waals surface area contributed by atoms with E-state index in [0.717, 1.165) is 12.8 Å². The van der Waals surface area contributed by atoms with Gasteiger partial charge in [-0.1, -0.05) is 27.7 Å². The van der Waals surface area contributed by atoms with E-state index in [1.807, 2.05) is 27.7 Å². The van der Waals surface area contributed by atoms with Crippen molar-refractivity contribution in [3.05, 3.63) is 0 Å². The molecule has 3 aliphatic rings. The first-order chi connectivity index (χ1) is 10.9. The summed E-state index contributed by atoms with van der Waals surface area (Å²) in [5.74, 6) is 0.446. The molecular formula is C19H30O4. The Bertz CT molecular complexity index is 438. The van der Waals surface area contributed by atoms with Crippen molar-refractivity contribution in [3.63, 3.8) is 0 Å². The minimum atomic E-state index is -0.269. The first kappa shape index (κ1) is 16.8. The van der Waals surface area contributed by atoms with Gasteiger partial charge < -0.3 is 9.47 Å². The molecule has 130 valence electrons. The maximum atomic E-state index is 12.7. The van der Waals surface area contributed by atoms with Crippen LogP contribution >= 0.6 is 0 Å². The lowest BCUT2D eigenvalue weighted by Crippen LogP contribution is -2.37. The third-order valence-corrected chi connectivity index (χ3v) is 6.01. The van der Waals surface area contributed by atoms with Crippen molar-refractivity contribution in [3.8, 4) is 0 Å². The van der Waals surface area contributed by atoms with Crippen LogP contribution in [0.4, 0.5) is 0 Å². The predicted molar refractivity (Wildman–Crippen MR) is 86.5 cm³/mol. The van der Waals surface area contributed by atoms with Crippen LogP contribution in [-0.4, -0.2) is 25.2 Å². The summed E-state index contributed by atoms with van der Waals surface area (Å²) in [4.78, 5) is 25.4. The number of carbonyl (C=O) groups excluding carboxylic acids is 2. The Morgan fingerprint density at radius 1 is 0.870 bits per heavy atom. The maximum Gasteiger partial charge on any atom is 0.310 e. The molecule has 0 aromatic rings. The van der Waals surface area contributed by atoms with Crippen LogP contribution in [0.3, 0.4) is 0 Å². The van der Waals surface area contributed by atoms with Gasteiger partial charge >= 0.3 is 11.9 Å². The lowest BCUT2D eigenvalue weighted by atomic mass is 9.79. The molecule has 4 atom stereocenters. The number of carbonyl (C=O) groups is 2. The minimum Gasteiger partial charge on any atom is -0.465 e. The zero-order valence-corrected chi connectivity index (χ0v) is 14.8. The number of hydrogen-bond acceptors (Lipinski definition) is 4. The zero-order valence-electron chi connectivity index (χ0n) is 14.8. The van der Waals surface area contributed by atoms with E-state index in [2.05, 4.69) is 0 Å².